The molecule has 0 fully saturated rings. The zero-order valence-electron chi connectivity index (χ0n) is 7.01. The molecule has 1 aliphatic heterocycles. The highest BCUT2D eigenvalue weighted by Gasteiger charge is 2.28. The first kappa shape index (κ1) is 7.94. The highest BCUT2D eigenvalue weighted by atomic mass is 15.3. The van der Waals surface area contributed by atoms with Gasteiger partial charge >= 0.3 is 0 Å². The van der Waals surface area contributed by atoms with Crippen molar-refractivity contribution >= 4 is 12.1 Å². The van der Waals surface area contributed by atoms with Crippen molar-refractivity contribution in [2.24, 2.45) is 21.5 Å². The van der Waals surface area contributed by atoms with Gasteiger partial charge in [0.2, 0.25) is 5.79 Å². The molecule has 4 nitrogen and oxygen atoms in total. The lowest BCUT2D eigenvalue weighted by Crippen LogP contribution is -2.30. The topological polar surface area (TPSA) is 76.8 Å². The Morgan fingerprint density at radius 1 is 1.15 bits per heavy atom. The minimum Gasteiger partial charge on any atom is -0.383 e. The lowest BCUT2D eigenvalue weighted by molar-refractivity contribution is 0.508. The molecule has 1 aromatic rings. The molecule has 0 spiro atoms. The van der Waals surface area contributed by atoms with Gasteiger partial charge in [0.1, 0.15) is 5.84 Å². The third kappa shape index (κ3) is 1.31. The van der Waals surface area contributed by atoms with Crippen molar-refractivity contribution in [2.45, 2.75) is 5.79 Å². The van der Waals surface area contributed by atoms with E-state index in [1.54, 1.807) is 0 Å². The van der Waals surface area contributed by atoms with Crippen molar-refractivity contribution in [2.75, 3.05) is 0 Å². The second-order valence-corrected chi connectivity index (χ2v) is 2.89. The Labute approximate surface area is 76.0 Å². The Bertz CT molecular complexity index is 368. The van der Waals surface area contributed by atoms with Crippen LogP contribution < -0.4 is 11.5 Å². The van der Waals surface area contributed by atoms with Crippen LogP contribution in [0.15, 0.2) is 40.3 Å². The summed E-state index contributed by atoms with van der Waals surface area (Å²) in [6.07, 6.45) is 1.48. The van der Waals surface area contributed by atoms with Gasteiger partial charge in [0, 0.05) is 5.56 Å². The predicted octanol–water partition coefficient (Wildman–Crippen LogP) is 0.197. The quantitative estimate of drug-likeness (QED) is 0.638. The molecule has 0 bridgehead atoms. The van der Waals surface area contributed by atoms with Gasteiger partial charge in [0.25, 0.3) is 0 Å². The lowest BCUT2D eigenvalue weighted by Gasteiger charge is -2.16. The van der Waals surface area contributed by atoms with Crippen LogP contribution in [0, 0.1) is 0 Å². The van der Waals surface area contributed by atoms with E-state index in [0.29, 0.717) is 5.84 Å². The number of aliphatic imine (C=N–C) groups is 2. The highest BCUT2D eigenvalue weighted by molar-refractivity contribution is 6.30. The zero-order valence-corrected chi connectivity index (χ0v) is 7.01. The van der Waals surface area contributed by atoms with E-state index in [1.807, 2.05) is 30.3 Å². The Balaban J connectivity index is 2.43. The van der Waals surface area contributed by atoms with Crippen LogP contribution in [0.4, 0.5) is 0 Å². The lowest BCUT2D eigenvalue weighted by atomic mass is 10.1. The van der Waals surface area contributed by atoms with Gasteiger partial charge in [-0.05, 0) is 0 Å². The van der Waals surface area contributed by atoms with Gasteiger partial charge in [-0.2, -0.15) is 0 Å². The van der Waals surface area contributed by atoms with Gasteiger partial charge in [0.05, 0.1) is 6.21 Å². The Morgan fingerprint density at radius 3 is 2.38 bits per heavy atom. The molecule has 2 rings (SSSR count). The summed E-state index contributed by atoms with van der Waals surface area (Å²) in [5, 5.41) is 0. The van der Waals surface area contributed by atoms with Crippen LogP contribution in [0.5, 0.6) is 0 Å². The largest absolute Gasteiger partial charge is 0.383 e. The fourth-order valence-corrected chi connectivity index (χ4v) is 1.24. The van der Waals surface area contributed by atoms with Crippen LogP contribution in [0.25, 0.3) is 0 Å². The summed E-state index contributed by atoms with van der Waals surface area (Å²) in [7, 11) is 0. The Hall–Kier alpha value is -1.68. The first-order valence-electron chi connectivity index (χ1n) is 3.96. The van der Waals surface area contributed by atoms with E-state index in [-0.39, 0.29) is 0 Å². The summed E-state index contributed by atoms with van der Waals surface area (Å²) in [4.78, 5) is 8.08. The monoisotopic (exact) mass is 174 g/mol. The van der Waals surface area contributed by atoms with Crippen molar-refractivity contribution in [3.8, 4) is 0 Å². The molecule has 1 aromatic carbocycles. The second-order valence-electron chi connectivity index (χ2n) is 2.89. The second kappa shape index (κ2) is 2.67. The van der Waals surface area contributed by atoms with Crippen molar-refractivity contribution in [1.29, 1.82) is 0 Å². The number of rotatable bonds is 1. The molecule has 1 heterocycles. The maximum absolute atomic E-state index is 5.91. The van der Waals surface area contributed by atoms with Crippen molar-refractivity contribution in [3.05, 3.63) is 35.9 Å². The van der Waals surface area contributed by atoms with Gasteiger partial charge < -0.3 is 5.73 Å². The number of hydrogen-bond donors (Lipinski definition) is 2. The minimum absolute atomic E-state index is 0.367. The molecule has 4 heteroatoms. The van der Waals surface area contributed by atoms with Crippen LogP contribution in [0.3, 0.4) is 0 Å². The molecule has 0 aromatic heterocycles. The van der Waals surface area contributed by atoms with Crippen LogP contribution in [-0.2, 0) is 5.79 Å². The van der Waals surface area contributed by atoms with Crippen molar-refractivity contribution in [3.63, 3.8) is 0 Å². The van der Waals surface area contributed by atoms with Crippen molar-refractivity contribution in [1.82, 2.24) is 0 Å². The predicted molar refractivity (Wildman–Crippen MR) is 52.4 cm³/mol. The molecular weight excluding hydrogens is 164 g/mol. The van der Waals surface area contributed by atoms with E-state index in [4.69, 9.17) is 11.5 Å². The molecule has 1 atom stereocenters. The van der Waals surface area contributed by atoms with E-state index < -0.39 is 5.79 Å². The molecule has 1 aliphatic rings. The molecule has 0 amide bonds. The van der Waals surface area contributed by atoms with Crippen LogP contribution in [0.2, 0.25) is 0 Å². The Morgan fingerprint density at radius 2 is 1.85 bits per heavy atom. The molecule has 0 aliphatic carbocycles. The number of nitrogens with two attached hydrogens (primary N) is 2. The first-order chi connectivity index (χ1) is 6.21. The molecule has 66 valence electrons. The van der Waals surface area contributed by atoms with Gasteiger partial charge in [-0.15, -0.1) is 0 Å². The highest BCUT2D eigenvalue weighted by Crippen LogP contribution is 2.23. The van der Waals surface area contributed by atoms with E-state index in [9.17, 15) is 0 Å². The third-order valence-electron chi connectivity index (χ3n) is 1.89. The molecule has 4 N–H and O–H groups in total. The number of hydrogen-bond acceptors (Lipinski definition) is 4. The summed E-state index contributed by atoms with van der Waals surface area (Å²) in [6, 6.07) is 9.45. The molecule has 0 saturated carbocycles. The van der Waals surface area contributed by atoms with E-state index in [1.165, 1.54) is 6.21 Å². The normalized spacial score (nSPS) is 26.1. The molecule has 0 saturated heterocycles. The van der Waals surface area contributed by atoms with E-state index in [0.717, 1.165) is 5.56 Å². The average Bonchev–Trinajstić information content (AvgIpc) is 2.49. The van der Waals surface area contributed by atoms with Gasteiger partial charge in [-0.3, -0.25) is 5.73 Å². The maximum atomic E-state index is 5.91. The molecular formula is C9H10N4. The summed E-state index contributed by atoms with van der Waals surface area (Å²) in [5.41, 5.74) is 12.2. The Kier molecular flexibility index (Phi) is 1.63. The van der Waals surface area contributed by atoms with Gasteiger partial charge in [-0.1, -0.05) is 30.3 Å². The van der Waals surface area contributed by atoms with Crippen LogP contribution in [0.1, 0.15) is 5.56 Å². The molecule has 1 unspecified atom stereocenters. The summed E-state index contributed by atoms with van der Waals surface area (Å²) >= 11 is 0. The van der Waals surface area contributed by atoms with E-state index in [2.05, 4.69) is 9.98 Å². The fourth-order valence-electron chi connectivity index (χ4n) is 1.24. The number of amidine groups is 1. The fraction of sp³-hybridized carbons (Fsp3) is 0.111. The summed E-state index contributed by atoms with van der Waals surface area (Å²) < 4.78 is 0. The van der Waals surface area contributed by atoms with E-state index >= 15 is 0 Å². The van der Waals surface area contributed by atoms with Crippen molar-refractivity contribution < 1.29 is 0 Å². The minimum atomic E-state index is -1.01. The maximum Gasteiger partial charge on any atom is 0.231 e. The smallest absolute Gasteiger partial charge is 0.231 e. The van der Waals surface area contributed by atoms with Gasteiger partial charge in [0.15, 0.2) is 0 Å². The number of nitrogens with zero attached hydrogens (tertiary/aromatic N) is 2. The number of benzene rings is 1. The van der Waals surface area contributed by atoms with Gasteiger partial charge in [-0.25, -0.2) is 9.98 Å². The summed E-state index contributed by atoms with van der Waals surface area (Å²) in [6.45, 7) is 0. The third-order valence-corrected chi connectivity index (χ3v) is 1.89. The standard InChI is InChI=1S/C9H10N4/c10-8-6-12-9(11,13-8)7-4-2-1-3-5-7/h1-6H,11H2,(H2,10,13). The molecule has 0 radical (unpaired) electrons. The van der Waals surface area contributed by atoms with Crippen LogP contribution in [-0.4, -0.2) is 12.1 Å². The molecule has 13 heavy (non-hydrogen) atoms. The first-order valence-corrected chi connectivity index (χ1v) is 3.96. The SMILES string of the molecule is NC1=NC(N)(c2ccccc2)N=C1. The van der Waals surface area contributed by atoms with Crippen LogP contribution >= 0.6 is 0 Å². The summed E-state index contributed by atoms with van der Waals surface area (Å²) in [5.74, 6) is -0.642. The average molecular weight is 174 g/mol. The zero-order chi connectivity index (χ0) is 9.31.